The molecule has 1 aromatic rings. The Morgan fingerprint density at radius 1 is 1.53 bits per heavy atom. The Morgan fingerprint density at radius 3 is 2.82 bits per heavy atom. The number of halogens is 2. The second-order valence-electron chi connectivity index (χ2n) is 4.24. The van der Waals surface area contributed by atoms with Crippen LogP contribution >= 0.6 is 24.0 Å². The third kappa shape index (κ3) is 2.92. The van der Waals surface area contributed by atoms with Crippen molar-refractivity contribution in [3.63, 3.8) is 0 Å². The number of amides is 1. The zero-order valence-electron chi connectivity index (χ0n) is 9.65. The molecule has 1 aromatic carbocycles. The van der Waals surface area contributed by atoms with Crippen LogP contribution in [0.1, 0.15) is 22.3 Å². The summed E-state index contributed by atoms with van der Waals surface area (Å²) in [7, 11) is 0. The maximum atomic E-state index is 12.2. The first-order chi connectivity index (χ1) is 7.59. The fourth-order valence-electron chi connectivity index (χ4n) is 1.95. The van der Waals surface area contributed by atoms with Gasteiger partial charge < -0.3 is 10.6 Å². The van der Waals surface area contributed by atoms with Gasteiger partial charge in [-0.15, -0.1) is 12.4 Å². The van der Waals surface area contributed by atoms with Gasteiger partial charge in [-0.2, -0.15) is 0 Å². The molecule has 2 N–H and O–H groups in total. The summed E-state index contributed by atoms with van der Waals surface area (Å²) in [5.41, 5.74) is 7.29. The molecular formula is C12H16Cl2N2O. The Hall–Kier alpha value is -0.770. The molecule has 0 spiro atoms. The Morgan fingerprint density at radius 2 is 2.24 bits per heavy atom. The molecule has 1 saturated heterocycles. The van der Waals surface area contributed by atoms with Gasteiger partial charge in [-0.3, -0.25) is 4.79 Å². The Labute approximate surface area is 112 Å². The summed E-state index contributed by atoms with van der Waals surface area (Å²) in [4.78, 5) is 13.9. The van der Waals surface area contributed by atoms with Gasteiger partial charge >= 0.3 is 0 Å². The van der Waals surface area contributed by atoms with Crippen molar-refractivity contribution in [1.82, 2.24) is 4.90 Å². The molecule has 5 heteroatoms. The number of nitrogens with zero attached hydrogens (tertiary/aromatic N) is 1. The number of rotatable bonds is 1. The van der Waals surface area contributed by atoms with Crippen LogP contribution < -0.4 is 5.73 Å². The van der Waals surface area contributed by atoms with Crippen molar-refractivity contribution >= 4 is 29.9 Å². The van der Waals surface area contributed by atoms with Crippen LogP contribution in [-0.4, -0.2) is 29.9 Å². The largest absolute Gasteiger partial charge is 0.337 e. The molecule has 17 heavy (non-hydrogen) atoms. The third-order valence-corrected chi connectivity index (χ3v) is 3.44. The van der Waals surface area contributed by atoms with E-state index in [1.807, 2.05) is 19.1 Å². The highest BCUT2D eigenvalue weighted by molar-refractivity contribution is 6.34. The minimum atomic E-state index is -0.0124. The summed E-state index contributed by atoms with van der Waals surface area (Å²) in [5, 5.41) is 0.549. The second-order valence-corrected chi connectivity index (χ2v) is 4.61. The lowest BCUT2D eigenvalue weighted by atomic mass is 10.1. The lowest BCUT2D eigenvalue weighted by Gasteiger charge is -2.17. The fraction of sp³-hybridized carbons (Fsp3) is 0.417. The summed E-state index contributed by atoms with van der Waals surface area (Å²) in [6, 6.07) is 5.62. The van der Waals surface area contributed by atoms with Gasteiger partial charge in [0.15, 0.2) is 0 Å². The van der Waals surface area contributed by atoms with Gasteiger partial charge in [0.25, 0.3) is 5.91 Å². The molecule has 0 aliphatic carbocycles. The smallest absolute Gasteiger partial charge is 0.255 e. The van der Waals surface area contributed by atoms with Crippen LogP contribution in [0.5, 0.6) is 0 Å². The average molecular weight is 275 g/mol. The van der Waals surface area contributed by atoms with Crippen molar-refractivity contribution in [3.05, 3.63) is 34.3 Å². The molecule has 3 nitrogen and oxygen atoms in total. The van der Waals surface area contributed by atoms with Gasteiger partial charge in [-0.25, -0.2) is 0 Å². The Bertz CT molecular complexity index is 423. The van der Waals surface area contributed by atoms with E-state index in [1.165, 1.54) is 0 Å². The topological polar surface area (TPSA) is 46.3 Å². The lowest BCUT2D eigenvalue weighted by molar-refractivity contribution is 0.0791. The number of benzene rings is 1. The van der Waals surface area contributed by atoms with E-state index in [1.54, 1.807) is 11.0 Å². The molecule has 2 rings (SSSR count). The SMILES string of the molecule is Cc1cccc(C(=O)N2CC[C@@H](N)C2)c1Cl.Cl. The molecule has 1 heterocycles. The van der Waals surface area contributed by atoms with Crippen LogP contribution in [0.4, 0.5) is 0 Å². The minimum absolute atomic E-state index is 0. The average Bonchev–Trinajstić information content (AvgIpc) is 2.68. The predicted octanol–water partition coefficient (Wildman–Crippen LogP) is 2.24. The Balaban J connectivity index is 0.00000144. The third-order valence-electron chi connectivity index (χ3n) is 2.93. The van der Waals surface area contributed by atoms with E-state index in [2.05, 4.69) is 0 Å². The van der Waals surface area contributed by atoms with Gasteiger partial charge in [-0.05, 0) is 25.0 Å². The van der Waals surface area contributed by atoms with Crippen molar-refractivity contribution in [2.45, 2.75) is 19.4 Å². The molecule has 1 amide bonds. The first-order valence-corrected chi connectivity index (χ1v) is 5.77. The van der Waals surface area contributed by atoms with E-state index in [0.717, 1.165) is 18.5 Å². The molecule has 0 unspecified atom stereocenters. The zero-order chi connectivity index (χ0) is 11.7. The number of hydrogen-bond donors (Lipinski definition) is 1. The van der Waals surface area contributed by atoms with Gasteiger partial charge in [0.05, 0.1) is 10.6 Å². The first kappa shape index (κ1) is 14.3. The van der Waals surface area contributed by atoms with E-state index in [0.29, 0.717) is 17.1 Å². The van der Waals surface area contributed by atoms with Gasteiger partial charge in [0.1, 0.15) is 0 Å². The number of hydrogen-bond acceptors (Lipinski definition) is 2. The summed E-state index contributed by atoms with van der Waals surface area (Å²) in [6.45, 7) is 3.25. The lowest BCUT2D eigenvalue weighted by Crippen LogP contribution is -2.32. The predicted molar refractivity (Wildman–Crippen MR) is 71.9 cm³/mol. The molecule has 1 fully saturated rings. The monoisotopic (exact) mass is 274 g/mol. The highest BCUT2D eigenvalue weighted by Gasteiger charge is 2.25. The summed E-state index contributed by atoms with van der Waals surface area (Å²) in [6.07, 6.45) is 0.870. The van der Waals surface area contributed by atoms with E-state index in [-0.39, 0.29) is 24.4 Å². The van der Waals surface area contributed by atoms with E-state index in [4.69, 9.17) is 17.3 Å². The summed E-state index contributed by atoms with van der Waals surface area (Å²) < 4.78 is 0. The van der Waals surface area contributed by atoms with Gasteiger partial charge in [0.2, 0.25) is 0 Å². The number of nitrogens with two attached hydrogens (primary N) is 1. The maximum Gasteiger partial charge on any atom is 0.255 e. The normalized spacial score (nSPS) is 19.0. The van der Waals surface area contributed by atoms with Crippen LogP contribution in [0.3, 0.4) is 0 Å². The van der Waals surface area contributed by atoms with E-state index < -0.39 is 0 Å². The molecule has 0 radical (unpaired) electrons. The Kier molecular flexibility index (Phi) is 4.80. The van der Waals surface area contributed by atoms with Crippen LogP contribution in [-0.2, 0) is 0 Å². The van der Waals surface area contributed by atoms with Gasteiger partial charge in [-0.1, -0.05) is 23.7 Å². The number of carbonyl (C=O) groups is 1. The molecular weight excluding hydrogens is 259 g/mol. The van der Waals surface area contributed by atoms with Crippen molar-refractivity contribution < 1.29 is 4.79 Å². The molecule has 0 aromatic heterocycles. The molecule has 1 aliphatic rings. The standard InChI is InChI=1S/C12H15ClN2O.ClH/c1-8-3-2-4-10(11(8)13)12(16)15-6-5-9(14)7-15;/h2-4,9H,5-7,14H2,1H3;1H/t9-;/m1./s1. The fourth-order valence-corrected chi connectivity index (χ4v) is 2.16. The number of carbonyl (C=O) groups excluding carboxylic acids is 1. The zero-order valence-corrected chi connectivity index (χ0v) is 11.2. The molecule has 1 aliphatic heterocycles. The van der Waals surface area contributed by atoms with Crippen molar-refractivity contribution in [1.29, 1.82) is 0 Å². The number of likely N-dealkylation sites (tertiary alicyclic amines) is 1. The van der Waals surface area contributed by atoms with Crippen molar-refractivity contribution in [2.75, 3.05) is 13.1 Å². The maximum absolute atomic E-state index is 12.2. The molecule has 1 atom stereocenters. The quantitative estimate of drug-likeness (QED) is 0.854. The molecule has 0 bridgehead atoms. The highest BCUT2D eigenvalue weighted by Crippen LogP contribution is 2.23. The summed E-state index contributed by atoms with van der Waals surface area (Å²) >= 11 is 6.12. The second kappa shape index (κ2) is 5.71. The van der Waals surface area contributed by atoms with Gasteiger partial charge in [0, 0.05) is 19.1 Å². The van der Waals surface area contributed by atoms with E-state index in [9.17, 15) is 4.79 Å². The van der Waals surface area contributed by atoms with Crippen molar-refractivity contribution in [3.8, 4) is 0 Å². The van der Waals surface area contributed by atoms with Crippen LogP contribution in [0.25, 0.3) is 0 Å². The first-order valence-electron chi connectivity index (χ1n) is 5.39. The van der Waals surface area contributed by atoms with Crippen LogP contribution in [0.15, 0.2) is 18.2 Å². The molecule has 94 valence electrons. The minimum Gasteiger partial charge on any atom is -0.337 e. The number of aryl methyl sites for hydroxylation is 1. The highest BCUT2D eigenvalue weighted by atomic mass is 35.5. The van der Waals surface area contributed by atoms with Crippen molar-refractivity contribution in [2.24, 2.45) is 5.73 Å². The summed E-state index contributed by atoms with van der Waals surface area (Å²) in [5.74, 6) is -0.0124. The molecule has 0 saturated carbocycles. The van der Waals surface area contributed by atoms with Crippen LogP contribution in [0.2, 0.25) is 5.02 Å². The van der Waals surface area contributed by atoms with E-state index >= 15 is 0 Å². The van der Waals surface area contributed by atoms with Crippen LogP contribution in [0, 0.1) is 6.92 Å².